The largest absolute Gasteiger partial charge is 0.493 e. The summed E-state index contributed by atoms with van der Waals surface area (Å²) in [7, 11) is 3.33. The molecule has 3 rings (SSSR count). The van der Waals surface area contributed by atoms with Crippen LogP contribution in [0.15, 0.2) is 48.7 Å². The summed E-state index contributed by atoms with van der Waals surface area (Å²) >= 11 is 0. The number of ether oxygens (including phenoxy) is 2. The van der Waals surface area contributed by atoms with E-state index < -0.39 is 0 Å². The van der Waals surface area contributed by atoms with Crippen LogP contribution >= 0.6 is 0 Å². The molecule has 0 aliphatic heterocycles. The molecule has 0 spiro atoms. The summed E-state index contributed by atoms with van der Waals surface area (Å²) in [5.41, 5.74) is 3.82. The van der Waals surface area contributed by atoms with Gasteiger partial charge < -0.3 is 19.8 Å². The molecule has 1 heterocycles. The number of aromatic amines is 1. The van der Waals surface area contributed by atoms with Gasteiger partial charge in [-0.1, -0.05) is 24.3 Å². The van der Waals surface area contributed by atoms with Gasteiger partial charge in [-0.3, -0.25) is 0 Å². The maximum absolute atomic E-state index is 5.35. The Morgan fingerprint density at radius 3 is 2.65 bits per heavy atom. The quantitative estimate of drug-likeness (QED) is 0.659. The standard InChI is InChI=1S/C19H22N2O2/c1-22-18-8-7-14(11-19(18)23-2)9-10-20-12-15-13-21-17-6-4-3-5-16(15)17/h3-8,11,13,20-21H,9-10,12H2,1-2H3/p+1. The predicted octanol–water partition coefficient (Wildman–Crippen LogP) is 2.49. The number of benzene rings is 2. The molecule has 0 saturated carbocycles. The zero-order valence-corrected chi connectivity index (χ0v) is 13.6. The van der Waals surface area contributed by atoms with E-state index in [-0.39, 0.29) is 0 Å². The molecule has 0 atom stereocenters. The summed E-state index contributed by atoms with van der Waals surface area (Å²) in [4.78, 5) is 3.32. The van der Waals surface area contributed by atoms with Crippen molar-refractivity contribution in [2.45, 2.75) is 13.0 Å². The summed E-state index contributed by atoms with van der Waals surface area (Å²) < 4.78 is 10.6. The molecule has 3 aromatic rings. The number of hydrogen-bond acceptors (Lipinski definition) is 2. The first kappa shape index (κ1) is 15.4. The second-order valence-corrected chi connectivity index (χ2v) is 5.58. The Morgan fingerprint density at radius 2 is 1.83 bits per heavy atom. The molecule has 0 fully saturated rings. The number of nitrogens with one attached hydrogen (secondary N) is 1. The van der Waals surface area contributed by atoms with E-state index in [1.807, 2.05) is 6.07 Å². The Labute approximate surface area is 136 Å². The van der Waals surface area contributed by atoms with Crippen LogP contribution in [0.5, 0.6) is 11.5 Å². The fourth-order valence-corrected chi connectivity index (χ4v) is 2.86. The molecule has 4 heteroatoms. The van der Waals surface area contributed by atoms with E-state index in [0.29, 0.717) is 0 Å². The Hall–Kier alpha value is -2.46. The van der Waals surface area contributed by atoms with Gasteiger partial charge in [-0.05, 0) is 23.8 Å². The highest BCUT2D eigenvalue weighted by atomic mass is 16.5. The second kappa shape index (κ2) is 7.20. The average molecular weight is 311 g/mol. The zero-order valence-electron chi connectivity index (χ0n) is 13.6. The van der Waals surface area contributed by atoms with Crippen molar-refractivity contribution in [3.8, 4) is 11.5 Å². The van der Waals surface area contributed by atoms with Crippen molar-refractivity contribution in [3.05, 3.63) is 59.8 Å². The van der Waals surface area contributed by atoms with Crippen molar-refractivity contribution in [3.63, 3.8) is 0 Å². The first-order valence-corrected chi connectivity index (χ1v) is 7.89. The third-order valence-electron chi connectivity index (χ3n) is 4.12. The summed E-state index contributed by atoms with van der Waals surface area (Å²) in [5.74, 6) is 1.57. The van der Waals surface area contributed by atoms with Crippen molar-refractivity contribution in [2.75, 3.05) is 20.8 Å². The van der Waals surface area contributed by atoms with Gasteiger partial charge in [0, 0.05) is 29.1 Å². The molecule has 0 aliphatic rings. The van der Waals surface area contributed by atoms with Crippen molar-refractivity contribution in [1.29, 1.82) is 0 Å². The molecular weight excluding hydrogens is 288 g/mol. The maximum Gasteiger partial charge on any atom is 0.160 e. The van der Waals surface area contributed by atoms with Crippen LogP contribution < -0.4 is 14.8 Å². The SMILES string of the molecule is COc1ccc(CC[NH2+]Cc2c[nH]c3ccccc23)cc1OC. The van der Waals surface area contributed by atoms with E-state index in [2.05, 4.69) is 52.9 Å². The molecule has 4 nitrogen and oxygen atoms in total. The van der Waals surface area contributed by atoms with Gasteiger partial charge in [0.25, 0.3) is 0 Å². The van der Waals surface area contributed by atoms with Crippen LogP contribution in [0, 0.1) is 0 Å². The topological polar surface area (TPSA) is 50.9 Å². The maximum atomic E-state index is 5.35. The van der Waals surface area contributed by atoms with Gasteiger partial charge in [-0.15, -0.1) is 0 Å². The van der Waals surface area contributed by atoms with Crippen LogP contribution in [0.2, 0.25) is 0 Å². The highest BCUT2D eigenvalue weighted by molar-refractivity contribution is 5.82. The summed E-state index contributed by atoms with van der Waals surface area (Å²) in [6.45, 7) is 2.02. The molecule has 0 bridgehead atoms. The Morgan fingerprint density at radius 1 is 1.00 bits per heavy atom. The lowest BCUT2D eigenvalue weighted by Crippen LogP contribution is -2.83. The van der Waals surface area contributed by atoms with Gasteiger partial charge >= 0.3 is 0 Å². The Bertz CT molecular complexity index is 780. The van der Waals surface area contributed by atoms with Gasteiger partial charge in [-0.25, -0.2) is 0 Å². The molecule has 0 radical (unpaired) electrons. The molecule has 0 aliphatic carbocycles. The number of quaternary nitrogens is 1. The first-order valence-electron chi connectivity index (χ1n) is 7.89. The van der Waals surface area contributed by atoms with Crippen molar-refractivity contribution in [2.24, 2.45) is 0 Å². The molecule has 3 N–H and O–H groups in total. The lowest BCUT2D eigenvalue weighted by molar-refractivity contribution is -0.669. The van der Waals surface area contributed by atoms with E-state index in [9.17, 15) is 0 Å². The van der Waals surface area contributed by atoms with Crippen LogP contribution in [0.3, 0.4) is 0 Å². The summed E-state index contributed by atoms with van der Waals surface area (Å²) in [6.07, 6.45) is 3.11. The number of para-hydroxylation sites is 1. The summed E-state index contributed by atoms with van der Waals surface area (Å²) in [6, 6.07) is 14.5. The zero-order chi connectivity index (χ0) is 16.1. The number of fused-ring (bicyclic) bond motifs is 1. The first-order chi connectivity index (χ1) is 11.3. The molecule has 1 aromatic heterocycles. The Kier molecular flexibility index (Phi) is 4.83. The van der Waals surface area contributed by atoms with Gasteiger partial charge in [0.2, 0.25) is 0 Å². The summed E-state index contributed by atoms with van der Waals surface area (Å²) in [5, 5.41) is 3.65. The number of nitrogens with two attached hydrogens (primary N) is 1. The van der Waals surface area contributed by atoms with E-state index in [1.54, 1.807) is 14.2 Å². The lowest BCUT2D eigenvalue weighted by atomic mass is 10.1. The van der Waals surface area contributed by atoms with Gasteiger partial charge in [-0.2, -0.15) is 0 Å². The van der Waals surface area contributed by atoms with E-state index in [1.165, 1.54) is 22.0 Å². The van der Waals surface area contributed by atoms with Gasteiger partial charge in [0.15, 0.2) is 11.5 Å². The molecule has 0 unspecified atom stereocenters. The minimum atomic E-state index is 0.777. The van der Waals surface area contributed by atoms with E-state index in [4.69, 9.17) is 9.47 Å². The monoisotopic (exact) mass is 311 g/mol. The second-order valence-electron chi connectivity index (χ2n) is 5.58. The normalized spacial score (nSPS) is 10.9. The van der Waals surface area contributed by atoms with Crippen molar-refractivity contribution >= 4 is 10.9 Å². The van der Waals surface area contributed by atoms with Crippen LogP contribution in [-0.2, 0) is 13.0 Å². The van der Waals surface area contributed by atoms with Gasteiger partial charge in [0.1, 0.15) is 6.54 Å². The molecule has 120 valence electrons. The van der Waals surface area contributed by atoms with Gasteiger partial charge in [0.05, 0.1) is 20.8 Å². The van der Waals surface area contributed by atoms with Crippen LogP contribution in [0.4, 0.5) is 0 Å². The highest BCUT2D eigenvalue weighted by Gasteiger charge is 2.06. The lowest BCUT2D eigenvalue weighted by Gasteiger charge is -2.09. The van der Waals surface area contributed by atoms with Crippen molar-refractivity contribution in [1.82, 2.24) is 4.98 Å². The third-order valence-corrected chi connectivity index (χ3v) is 4.12. The number of rotatable bonds is 7. The predicted molar refractivity (Wildman–Crippen MR) is 92.0 cm³/mol. The minimum absolute atomic E-state index is 0.777. The fraction of sp³-hybridized carbons (Fsp3) is 0.263. The Balaban J connectivity index is 1.55. The van der Waals surface area contributed by atoms with Crippen molar-refractivity contribution < 1.29 is 14.8 Å². The molecule has 0 amide bonds. The minimum Gasteiger partial charge on any atom is -0.493 e. The van der Waals surface area contributed by atoms with Crippen LogP contribution in [-0.4, -0.2) is 25.7 Å². The number of H-pyrrole nitrogens is 1. The van der Waals surface area contributed by atoms with Crippen LogP contribution in [0.25, 0.3) is 10.9 Å². The smallest absolute Gasteiger partial charge is 0.160 e. The molecule has 0 saturated heterocycles. The van der Waals surface area contributed by atoms with E-state index in [0.717, 1.165) is 31.0 Å². The number of hydrogen-bond donors (Lipinski definition) is 2. The third kappa shape index (κ3) is 3.48. The number of methoxy groups -OCH3 is 2. The number of aromatic nitrogens is 1. The fourth-order valence-electron chi connectivity index (χ4n) is 2.86. The highest BCUT2D eigenvalue weighted by Crippen LogP contribution is 2.27. The molecular formula is C19H23N2O2+. The van der Waals surface area contributed by atoms with E-state index >= 15 is 0 Å². The molecule has 23 heavy (non-hydrogen) atoms. The van der Waals surface area contributed by atoms with Crippen LogP contribution in [0.1, 0.15) is 11.1 Å². The molecule has 2 aromatic carbocycles. The average Bonchev–Trinajstić information content (AvgIpc) is 3.01.